The van der Waals surface area contributed by atoms with Gasteiger partial charge in [-0.3, -0.25) is 0 Å². The monoisotopic (exact) mass is 392 g/mol. The zero-order chi connectivity index (χ0) is 14.9. The SMILES string of the molecule is NC(=S)c1cc(Br)ccc1Nc1c(Cl)cc(F)cc1Cl. The molecule has 0 fully saturated rings. The van der Waals surface area contributed by atoms with Gasteiger partial charge in [0.2, 0.25) is 0 Å². The molecule has 2 aromatic rings. The summed E-state index contributed by atoms with van der Waals surface area (Å²) in [6.45, 7) is 0. The highest BCUT2D eigenvalue weighted by molar-refractivity contribution is 9.10. The molecular weight excluding hydrogens is 386 g/mol. The molecular formula is C13H8BrCl2FN2S. The van der Waals surface area contributed by atoms with Crippen molar-refractivity contribution in [1.82, 2.24) is 0 Å². The number of nitrogens with two attached hydrogens (primary N) is 1. The molecule has 2 nitrogen and oxygen atoms in total. The third kappa shape index (κ3) is 3.41. The lowest BCUT2D eigenvalue weighted by Crippen LogP contribution is -2.12. The van der Waals surface area contributed by atoms with Gasteiger partial charge in [-0.2, -0.15) is 0 Å². The van der Waals surface area contributed by atoms with Crippen molar-refractivity contribution in [2.75, 3.05) is 5.32 Å². The van der Waals surface area contributed by atoms with E-state index < -0.39 is 5.82 Å². The highest BCUT2D eigenvalue weighted by atomic mass is 79.9. The van der Waals surface area contributed by atoms with Crippen molar-refractivity contribution < 1.29 is 4.39 Å². The minimum atomic E-state index is -0.504. The standard InChI is InChI=1S/C13H8BrCl2FN2S/c14-6-1-2-11(8(3-6)13(18)20)19-12-9(15)4-7(17)5-10(12)16/h1-5,19H,(H2,18,20). The molecule has 0 heterocycles. The first-order valence-electron chi connectivity index (χ1n) is 5.39. The van der Waals surface area contributed by atoms with Crippen LogP contribution in [0.25, 0.3) is 0 Å². The summed E-state index contributed by atoms with van der Waals surface area (Å²) < 4.78 is 14.0. The van der Waals surface area contributed by atoms with E-state index in [1.54, 1.807) is 12.1 Å². The Labute approximate surface area is 139 Å². The van der Waals surface area contributed by atoms with Crippen molar-refractivity contribution in [2.45, 2.75) is 0 Å². The largest absolute Gasteiger partial charge is 0.389 e. The summed E-state index contributed by atoms with van der Waals surface area (Å²) in [5.41, 5.74) is 7.35. The molecule has 0 aromatic heterocycles. The molecule has 0 atom stereocenters. The molecule has 2 aromatic carbocycles. The number of hydrogen-bond donors (Lipinski definition) is 2. The maximum Gasteiger partial charge on any atom is 0.126 e. The summed E-state index contributed by atoms with van der Waals surface area (Å²) in [6.07, 6.45) is 0. The molecule has 0 aliphatic rings. The van der Waals surface area contributed by atoms with Gasteiger partial charge < -0.3 is 11.1 Å². The molecule has 0 spiro atoms. The molecule has 20 heavy (non-hydrogen) atoms. The lowest BCUT2D eigenvalue weighted by molar-refractivity contribution is 0.628. The fourth-order valence-electron chi connectivity index (χ4n) is 1.63. The Balaban J connectivity index is 2.48. The third-order valence-corrected chi connectivity index (χ3v) is 3.82. The first-order chi connectivity index (χ1) is 9.38. The van der Waals surface area contributed by atoms with Crippen LogP contribution in [-0.4, -0.2) is 4.99 Å². The third-order valence-electron chi connectivity index (χ3n) is 2.51. The van der Waals surface area contributed by atoms with Crippen molar-refractivity contribution in [3.63, 3.8) is 0 Å². The van der Waals surface area contributed by atoms with Crippen LogP contribution in [0, 0.1) is 5.82 Å². The second-order valence-electron chi connectivity index (χ2n) is 3.92. The molecule has 0 saturated carbocycles. The summed E-state index contributed by atoms with van der Waals surface area (Å²) in [5.74, 6) is -0.504. The van der Waals surface area contributed by atoms with E-state index in [9.17, 15) is 4.39 Å². The molecule has 7 heteroatoms. The zero-order valence-electron chi connectivity index (χ0n) is 9.88. The molecule has 0 radical (unpaired) electrons. The molecule has 0 bridgehead atoms. The Morgan fingerprint density at radius 3 is 2.35 bits per heavy atom. The van der Waals surface area contributed by atoms with Crippen molar-refractivity contribution >= 4 is 67.7 Å². The Morgan fingerprint density at radius 1 is 1.20 bits per heavy atom. The van der Waals surface area contributed by atoms with E-state index in [2.05, 4.69) is 21.2 Å². The predicted octanol–water partition coefficient (Wildman–Crippen LogP) is 5.27. The normalized spacial score (nSPS) is 10.4. The molecule has 0 aliphatic carbocycles. The molecule has 0 amide bonds. The van der Waals surface area contributed by atoms with E-state index in [1.165, 1.54) is 12.1 Å². The maximum atomic E-state index is 13.2. The Hall–Kier alpha value is -0.880. The highest BCUT2D eigenvalue weighted by Crippen LogP contribution is 2.35. The zero-order valence-corrected chi connectivity index (χ0v) is 13.8. The van der Waals surface area contributed by atoms with Crippen LogP contribution in [-0.2, 0) is 0 Å². The average Bonchev–Trinajstić information content (AvgIpc) is 2.34. The number of halogens is 4. The number of anilines is 2. The van der Waals surface area contributed by atoms with Gasteiger partial charge in [-0.05, 0) is 30.3 Å². The predicted molar refractivity (Wildman–Crippen MR) is 89.7 cm³/mol. The van der Waals surface area contributed by atoms with E-state index >= 15 is 0 Å². The van der Waals surface area contributed by atoms with Crippen LogP contribution in [0.1, 0.15) is 5.56 Å². The van der Waals surface area contributed by atoms with Gasteiger partial charge in [0.1, 0.15) is 10.8 Å². The summed E-state index contributed by atoms with van der Waals surface area (Å²) in [4.78, 5) is 0.225. The van der Waals surface area contributed by atoms with Crippen LogP contribution in [0.5, 0.6) is 0 Å². The Bertz CT molecular complexity index is 671. The van der Waals surface area contributed by atoms with Crippen molar-refractivity contribution in [2.24, 2.45) is 5.73 Å². The van der Waals surface area contributed by atoms with Gasteiger partial charge >= 0.3 is 0 Å². The van der Waals surface area contributed by atoms with Gasteiger partial charge in [0.05, 0.1) is 15.7 Å². The molecule has 0 aliphatic heterocycles. The lowest BCUT2D eigenvalue weighted by atomic mass is 10.1. The van der Waals surface area contributed by atoms with Crippen LogP contribution in [0.15, 0.2) is 34.8 Å². The van der Waals surface area contributed by atoms with E-state index in [0.29, 0.717) is 16.9 Å². The topological polar surface area (TPSA) is 38.0 Å². The Morgan fingerprint density at radius 2 is 1.80 bits per heavy atom. The van der Waals surface area contributed by atoms with Gasteiger partial charge in [-0.15, -0.1) is 0 Å². The fraction of sp³-hybridized carbons (Fsp3) is 0. The number of hydrogen-bond acceptors (Lipinski definition) is 2. The summed E-state index contributed by atoms with van der Waals surface area (Å²) in [6, 6.07) is 7.71. The van der Waals surface area contributed by atoms with Crippen molar-refractivity contribution in [3.05, 3.63) is 56.2 Å². The van der Waals surface area contributed by atoms with Gasteiger partial charge in [0, 0.05) is 15.7 Å². The number of rotatable bonds is 3. The first kappa shape index (κ1) is 15.5. The first-order valence-corrected chi connectivity index (χ1v) is 7.35. The molecule has 104 valence electrons. The summed E-state index contributed by atoms with van der Waals surface area (Å²) in [7, 11) is 0. The second-order valence-corrected chi connectivity index (χ2v) is 6.09. The van der Waals surface area contributed by atoms with E-state index in [-0.39, 0.29) is 15.0 Å². The quantitative estimate of drug-likeness (QED) is 0.697. The summed E-state index contributed by atoms with van der Waals surface area (Å²) in [5, 5.41) is 3.37. The van der Waals surface area contributed by atoms with Crippen molar-refractivity contribution in [3.8, 4) is 0 Å². The van der Waals surface area contributed by atoms with Gasteiger partial charge in [-0.25, -0.2) is 4.39 Å². The van der Waals surface area contributed by atoms with Crippen molar-refractivity contribution in [1.29, 1.82) is 0 Å². The molecule has 3 N–H and O–H groups in total. The molecule has 0 saturated heterocycles. The van der Waals surface area contributed by atoms with E-state index in [1.807, 2.05) is 6.07 Å². The highest BCUT2D eigenvalue weighted by Gasteiger charge is 2.12. The van der Waals surface area contributed by atoms with E-state index in [0.717, 1.165) is 4.47 Å². The number of nitrogens with one attached hydrogen (secondary N) is 1. The van der Waals surface area contributed by atoms with Crippen LogP contribution in [0.3, 0.4) is 0 Å². The van der Waals surface area contributed by atoms with E-state index in [4.69, 9.17) is 41.2 Å². The lowest BCUT2D eigenvalue weighted by Gasteiger charge is -2.14. The summed E-state index contributed by atoms with van der Waals surface area (Å²) >= 11 is 20.3. The number of benzene rings is 2. The smallest absolute Gasteiger partial charge is 0.126 e. The van der Waals surface area contributed by atoms with Gasteiger partial charge in [0.25, 0.3) is 0 Å². The van der Waals surface area contributed by atoms with Gasteiger partial charge in [-0.1, -0.05) is 51.3 Å². The minimum Gasteiger partial charge on any atom is -0.389 e. The minimum absolute atomic E-state index is 0.173. The second kappa shape index (κ2) is 6.26. The number of thiocarbonyl (C=S) groups is 1. The average molecular weight is 394 g/mol. The van der Waals surface area contributed by atoms with Crippen LogP contribution in [0.4, 0.5) is 15.8 Å². The van der Waals surface area contributed by atoms with Crippen LogP contribution >= 0.6 is 51.3 Å². The fourth-order valence-corrected chi connectivity index (χ4v) is 2.71. The molecule has 0 unspecified atom stereocenters. The maximum absolute atomic E-state index is 13.2. The van der Waals surface area contributed by atoms with Crippen LogP contribution in [0.2, 0.25) is 10.0 Å². The van der Waals surface area contributed by atoms with Crippen LogP contribution < -0.4 is 11.1 Å². The van der Waals surface area contributed by atoms with Gasteiger partial charge in [0.15, 0.2) is 0 Å². The Kier molecular flexibility index (Phi) is 4.86. The molecule has 2 rings (SSSR count).